The first-order chi connectivity index (χ1) is 21.6. The molecular weight excluding hydrogens is 556 g/mol. The van der Waals surface area contributed by atoms with Crippen LogP contribution in [0.25, 0.3) is 5.69 Å². The molecule has 0 saturated heterocycles. The first kappa shape index (κ1) is 25.9. The lowest BCUT2D eigenvalue weighted by atomic mass is 9.93. The van der Waals surface area contributed by atoms with Crippen LogP contribution in [0.2, 0.25) is 0 Å². The fourth-order valence-electron chi connectivity index (χ4n) is 5.95. The lowest BCUT2D eigenvalue weighted by Crippen LogP contribution is -2.46. The van der Waals surface area contributed by atoms with Crippen molar-refractivity contribution in [2.75, 3.05) is 23.6 Å². The fourth-order valence-corrected chi connectivity index (χ4v) is 5.95. The van der Waals surface area contributed by atoms with Crippen molar-refractivity contribution >= 4 is 34.6 Å². The van der Waals surface area contributed by atoms with Crippen molar-refractivity contribution in [1.29, 1.82) is 0 Å². The molecule has 0 bridgehead atoms. The Bertz CT molecular complexity index is 1980. The van der Waals surface area contributed by atoms with Crippen LogP contribution in [0.3, 0.4) is 0 Å². The Balaban J connectivity index is 1.36. The number of aromatic nitrogens is 2. The average Bonchev–Trinajstić information content (AvgIpc) is 3.65. The number of nitrogens with zero attached hydrogens (tertiary/aromatic N) is 5. The molecule has 1 atom stereocenters. The Hall–Kier alpha value is -5.77. The second kappa shape index (κ2) is 10.2. The highest BCUT2D eigenvalue weighted by molar-refractivity contribution is 6.51. The molecule has 10 heteroatoms. The first-order valence-corrected chi connectivity index (χ1v) is 14.4. The number of benzene rings is 4. The van der Waals surface area contributed by atoms with Gasteiger partial charge >= 0.3 is 0 Å². The van der Waals surface area contributed by atoms with E-state index < -0.39 is 0 Å². The van der Waals surface area contributed by atoms with Crippen molar-refractivity contribution < 1.29 is 19.3 Å². The third-order valence-electron chi connectivity index (χ3n) is 7.87. The normalized spacial score (nSPS) is 16.0. The molecule has 44 heavy (non-hydrogen) atoms. The number of phenolic OH excluding ortho intramolecular Hbond substituents is 1. The maximum Gasteiger partial charge on any atom is 0.231 e. The highest BCUT2D eigenvalue weighted by Crippen LogP contribution is 2.49. The molecule has 0 amide bonds. The molecule has 218 valence electrons. The van der Waals surface area contributed by atoms with Crippen LogP contribution in [-0.2, 0) is 0 Å². The number of hydrogen-bond acceptors (Lipinski definition) is 9. The molecule has 0 fully saturated rings. The van der Waals surface area contributed by atoms with Crippen LogP contribution < -0.4 is 24.4 Å². The van der Waals surface area contributed by atoms with Crippen molar-refractivity contribution in [1.82, 2.24) is 9.78 Å². The van der Waals surface area contributed by atoms with E-state index in [0.717, 1.165) is 39.6 Å². The van der Waals surface area contributed by atoms with Crippen LogP contribution in [0, 0.1) is 6.92 Å². The van der Waals surface area contributed by atoms with Gasteiger partial charge < -0.3 is 29.5 Å². The predicted molar refractivity (Wildman–Crippen MR) is 169 cm³/mol. The highest BCUT2D eigenvalue weighted by Gasteiger charge is 2.41. The summed E-state index contributed by atoms with van der Waals surface area (Å²) in [5.41, 5.74) is 6.07. The number of nitrogens with one attached hydrogen (secondary N) is 1. The van der Waals surface area contributed by atoms with Crippen LogP contribution in [0.1, 0.15) is 29.8 Å². The minimum Gasteiger partial charge on any atom is -0.504 e. The summed E-state index contributed by atoms with van der Waals surface area (Å²) in [7, 11) is 0. The number of fused-ring (bicyclic) bond motifs is 5. The second-order valence-corrected chi connectivity index (χ2v) is 10.6. The van der Waals surface area contributed by atoms with Gasteiger partial charge in [0.25, 0.3) is 0 Å². The van der Waals surface area contributed by atoms with Crippen LogP contribution in [0.5, 0.6) is 23.0 Å². The minimum absolute atomic E-state index is 0.0861. The van der Waals surface area contributed by atoms with Gasteiger partial charge in [0, 0.05) is 17.3 Å². The Kier molecular flexibility index (Phi) is 6.00. The molecule has 3 aliphatic heterocycles. The highest BCUT2D eigenvalue weighted by atomic mass is 16.7. The summed E-state index contributed by atoms with van der Waals surface area (Å²) < 4.78 is 18.9. The molecule has 10 nitrogen and oxygen atoms in total. The zero-order valence-electron chi connectivity index (χ0n) is 24.1. The van der Waals surface area contributed by atoms with Gasteiger partial charge in [-0.2, -0.15) is 5.10 Å². The molecule has 2 N–H and O–H groups in total. The van der Waals surface area contributed by atoms with Gasteiger partial charge in [-0.3, -0.25) is 0 Å². The summed E-state index contributed by atoms with van der Waals surface area (Å²) in [6.45, 7) is 4.52. The largest absolute Gasteiger partial charge is 0.504 e. The smallest absolute Gasteiger partial charge is 0.231 e. The summed E-state index contributed by atoms with van der Waals surface area (Å²) in [4.78, 5) is 12.5. The molecule has 8 rings (SSSR count). The van der Waals surface area contributed by atoms with E-state index in [2.05, 4.69) is 10.2 Å². The topological polar surface area (TPSA) is 106 Å². The van der Waals surface area contributed by atoms with Gasteiger partial charge in [0.15, 0.2) is 40.5 Å². The zero-order chi connectivity index (χ0) is 29.8. The lowest BCUT2D eigenvalue weighted by molar-refractivity contribution is 0.174. The Morgan fingerprint density at radius 1 is 0.932 bits per heavy atom. The summed E-state index contributed by atoms with van der Waals surface area (Å²) >= 11 is 0. The number of aromatic hydroxyl groups is 1. The van der Waals surface area contributed by atoms with Crippen molar-refractivity contribution in [3.8, 4) is 28.7 Å². The number of ether oxygens (including phenoxy) is 3. The maximum absolute atomic E-state index is 10.6. The Morgan fingerprint density at radius 3 is 2.61 bits per heavy atom. The van der Waals surface area contributed by atoms with Gasteiger partial charge in [0.05, 0.1) is 35.4 Å². The molecular formula is C34H28N6O4. The number of rotatable bonds is 5. The van der Waals surface area contributed by atoms with E-state index in [-0.39, 0.29) is 18.6 Å². The summed E-state index contributed by atoms with van der Waals surface area (Å²) in [5.74, 6) is 3.77. The summed E-state index contributed by atoms with van der Waals surface area (Å²) in [6, 6.07) is 28.8. The number of anilines is 2. The molecule has 1 aromatic heterocycles. The number of phenols is 1. The summed E-state index contributed by atoms with van der Waals surface area (Å²) in [6.07, 6.45) is 0. The van der Waals surface area contributed by atoms with Gasteiger partial charge in [0.1, 0.15) is 0 Å². The molecule has 3 aliphatic rings. The maximum atomic E-state index is 10.6. The minimum atomic E-state index is -0.361. The number of aliphatic imine (C=N–C) groups is 2. The third-order valence-corrected chi connectivity index (χ3v) is 7.87. The van der Waals surface area contributed by atoms with Crippen molar-refractivity contribution in [3.05, 3.63) is 108 Å². The Labute approximate surface area is 253 Å². The van der Waals surface area contributed by atoms with E-state index in [4.69, 9.17) is 29.3 Å². The van der Waals surface area contributed by atoms with E-state index in [1.54, 1.807) is 6.07 Å². The molecule has 0 saturated carbocycles. The van der Waals surface area contributed by atoms with Crippen molar-refractivity contribution in [2.45, 2.75) is 19.9 Å². The van der Waals surface area contributed by atoms with Crippen LogP contribution >= 0.6 is 0 Å². The van der Waals surface area contributed by atoms with Crippen molar-refractivity contribution in [2.24, 2.45) is 9.98 Å². The van der Waals surface area contributed by atoms with Crippen LogP contribution in [0.15, 0.2) is 101 Å². The zero-order valence-corrected chi connectivity index (χ0v) is 24.1. The average molecular weight is 585 g/mol. The predicted octanol–water partition coefficient (Wildman–Crippen LogP) is 6.81. The monoisotopic (exact) mass is 584 g/mol. The second-order valence-electron chi connectivity index (χ2n) is 10.6. The van der Waals surface area contributed by atoms with E-state index in [9.17, 15) is 5.11 Å². The number of hydrogen-bond donors (Lipinski definition) is 2. The van der Waals surface area contributed by atoms with Gasteiger partial charge in [-0.15, -0.1) is 0 Å². The molecule has 4 aromatic carbocycles. The van der Waals surface area contributed by atoms with Gasteiger partial charge in [-0.05, 0) is 67.9 Å². The number of amidine groups is 2. The van der Waals surface area contributed by atoms with Gasteiger partial charge in [-0.1, -0.05) is 36.4 Å². The molecule has 0 spiro atoms. The molecule has 0 radical (unpaired) electrons. The van der Waals surface area contributed by atoms with E-state index in [1.165, 1.54) is 0 Å². The van der Waals surface area contributed by atoms with E-state index in [0.29, 0.717) is 41.3 Å². The van der Waals surface area contributed by atoms with Gasteiger partial charge in [-0.25, -0.2) is 14.7 Å². The molecule has 4 heterocycles. The van der Waals surface area contributed by atoms with E-state index >= 15 is 0 Å². The Morgan fingerprint density at radius 2 is 1.75 bits per heavy atom. The SMILES string of the molecule is CCOc1cc([C@H]2c3c(C)nn(-c4ccccc4)c3N=C3C(Nc4ccc5c(c4)OCO5)=Nc4ccccc4N32)ccc1O. The van der Waals surface area contributed by atoms with E-state index in [1.807, 2.05) is 103 Å². The van der Waals surface area contributed by atoms with Crippen LogP contribution in [0.4, 0.5) is 22.9 Å². The first-order valence-electron chi connectivity index (χ1n) is 14.4. The third kappa shape index (κ3) is 4.14. The van der Waals surface area contributed by atoms with Gasteiger partial charge in [0.2, 0.25) is 6.79 Å². The summed E-state index contributed by atoms with van der Waals surface area (Å²) in [5, 5.41) is 19.1. The molecule has 5 aromatic rings. The number of aryl methyl sites for hydroxylation is 1. The lowest BCUT2D eigenvalue weighted by Gasteiger charge is -2.40. The standard InChI is InChI=1S/C34H28N6O4/c1-3-42-28-17-21(13-15-26(28)41)31-30-20(2)38-40(23-9-5-4-6-10-23)33(30)37-34-32(36-24-11-7-8-12-25(24)39(31)34)35-22-14-16-27-29(18-22)44-19-43-27/h4-18,31,41H,3,19H2,1-2H3,(H,35,36)/t31-/m0/s1. The number of para-hydroxylation sites is 3. The quantitative estimate of drug-likeness (QED) is 0.234. The van der Waals surface area contributed by atoms with Crippen molar-refractivity contribution in [3.63, 3.8) is 0 Å². The fraction of sp³-hybridized carbons (Fsp3) is 0.147. The molecule has 0 unspecified atom stereocenters. The van der Waals surface area contributed by atoms with Crippen LogP contribution in [-0.4, -0.2) is 40.0 Å². The molecule has 0 aliphatic carbocycles.